The van der Waals surface area contributed by atoms with Gasteiger partial charge in [0.2, 0.25) is 0 Å². The molecule has 0 aliphatic heterocycles. The van der Waals surface area contributed by atoms with Gasteiger partial charge in [0.05, 0.1) is 24.4 Å². The van der Waals surface area contributed by atoms with Gasteiger partial charge in [0.1, 0.15) is 0 Å². The van der Waals surface area contributed by atoms with E-state index < -0.39 is 37.0 Å². The quantitative estimate of drug-likeness (QED) is 0.634. The number of rotatable bonds is 4. The molecule has 0 unspecified atom stereocenters. The van der Waals surface area contributed by atoms with E-state index in [1.807, 2.05) is 0 Å². The number of carbonyl (C=O) groups is 1. The van der Waals surface area contributed by atoms with E-state index in [2.05, 4.69) is 9.84 Å². The molecule has 1 rings (SSSR count). The van der Waals surface area contributed by atoms with Crippen LogP contribution in [0.1, 0.15) is 21.7 Å². The van der Waals surface area contributed by atoms with Crippen molar-refractivity contribution in [3.63, 3.8) is 0 Å². The number of nitrogens with zero attached hydrogens (tertiary/aromatic N) is 2. The summed E-state index contributed by atoms with van der Waals surface area (Å²) in [7, 11) is 0. The van der Waals surface area contributed by atoms with Gasteiger partial charge >= 0.3 is 12.5 Å². The SMILES string of the molecule is Cc1nn(CCOC(F)(F)F)c(C)c1C(=O)C(F)(F)F. The lowest BCUT2D eigenvalue weighted by atomic mass is 10.1. The van der Waals surface area contributed by atoms with Gasteiger partial charge < -0.3 is 0 Å². The van der Waals surface area contributed by atoms with E-state index in [1.54, 1.807) is 0 Å². The number of carbonyl (C=O) groups excluding carboxylic acids is 1. The molecule has 0 N–H and O–H groups in total. The zero-order valence-electron chi connectivity index (χ0n) is 10.4. The maximum atomic E-state index is 12.4. The summed E-state index contributed by atoms with van der Waals surface area (Å²) in [5.41, 5.74) is -1.00. The third-order valence-corrected chi connectivity index (χ3v) is 2.43. The third kappa shape index (κ3) is 3.95. The number of aryl methyl sites for hydroxylation is 1. The standard InChI is InChI=1S/C10H10F6N2O2/c1-5-7(8(19)9(11,12)13)6(2)18(17-5)3-4-20-10(14,15)16/h3-4H2,1-2H3. The second-order valence-corrected chi connectivity index (χ2v) is 3.89. The van der Waals surface area contributed by atoms with Crippen LogP contribution in [0.5, 0.6) is 0 Å². The van der Waals surface area contributed by atoms with Gasteiger partial charge in [0.25, 0.3) is 5.78 Å². The van der Waals surface area contributed by atoms with Gasteiger partial charge in [-0.25, -0.2) is 0 Å². The van der Waals surface area contributed by atoms with E-state index in [-0.39, 0.29) is 11.4 Å². The van der Waals surface area contributed by atoms with Crippen molar-refractivity contribution in [1.29, 1.82) is 0 Å². The first-order chi connectivity index (χ1) is 8.93. The van der Waals surface area contributed by atoms with E-state index in [4.69, 9.17) is 0 Å². The summed E-state index contributed by atoms with van der Waals surface area (Å²) in [6, 6.07) is 0. The van der Waals surface area contributed by atoms with Crippen molar-refractivity contribution in [3.8, 4) is 0 Å². The highest BCUT2D eigenvalue weighted by Gasteiger charge is 2.42. The molecule has 0 saturated carbocycles. The van der Waals surface area contributed by atoms with Crippen molar-refractivity contribution in [2.75, 3.05) is 6.61 Å². The summed E-state index contributed by atoms with van der Waals surface area (Å²) < 4.78 is 76.7. The number of ketones is 1. The van der Waals surface area contributed by atoms with Gasteiger partial charge in [-0.15, -0.1) is 13.2 Å². The number of Topliss-reactive ketones (excluding diaryl/α,β-unsaturated/α-hetero) is 1. The summed E-state index contributed by atoms with van der Waals surface area (Å²) in [6.45, 7) is 1.11. The number of halogens is 6. The van der Waals surface area contributed by atoms with Crippen LogP contribution in [0.25, 0.3) is 0 Å². The number of aromatic nitrogens is 2. The number of hydrogen-bond donors (Lipinski definition) is 0. The largest absolute Gasteiger partial charge is 0.522 e. The Labute approximate surface area is 109 Å². The van der Waals surface area contributed by atoms with Gasteiger partial charge in [-0.05, 0) is 13.8 Å². The Hall–Kier alpha value is -1.58. The lowest BCUT2D eigenvalue weighted by molar-refractivity contribution is -0.325. The molecule has 4 nitrogen and oxygen atoms in total. The lowest BCUT2D eigenvalue weighted by Gasteiger charge is -2.09. The maximum absolute atomic E-state index is 12.4. The molecule has 0 aromatic carbocycles. The normalized spacial score (nSPS) is 12.8. The molecule has 0 saturated heterocycles. The molecule has 0 fully saturated rings. The third-order valence-electron chi connectivity index (χ3n) is 2.43. The topological polar surface area (TPSA) is 44.1 Å². The van der Waals surface area contributed by atoms with Gasteiger partial charge in [-0.1, -0.05) is 0 Å². The van der Waals surface area contributed by atoms with Crippen molar-refractivity contribution >= 4 is 5.78 Å². The Balaban J connectivity index is 2.90. The van der Waals surface area contributed by atoms with Gasteiger partial charge in [0.15, 0.2) is 0 Å². The Bertz CT molecular complexity index is 503. The van der Waals surface area contributed by atoms with E-state index in [9.17, 15) is 31.1 Å². The second-order valence-electron chi connectivity index (χ2n) is 3.89. The summed E-state index contributed by atoms with van der Waals surface area (Å²) in [5, 5.41) is 3.61. The first kappa shape index (κ1) is 16.5. The minimum absolute atomic E-state index is 0.157. The fraction of sp³-hybridized carbons (Fsp3) is 0.600. The molecule has 20 heavy (non-hydrogen) atoms. The van der Waals surface area contributed by atoms with Crippen LogP contribution in [-0.2, 0) is 11.3 Å². The molecule has 0 radical (unpaired) electrons. The van der Waals surface area contributed by atoms with E-state index >= 15 is 0 Å². The summed E-state index contributed by atoms with van der Waals surface area (Å²) in [5.74, 6) is -2.07. The van der Waals surface area contributed by atoms with Crippen LogP contribution in [-0.4, -0.2) is 34.7 Å². The summed E-state index contributed by atoms with van der Waals surface area (Å²) in [4.78, 5) is 11.2. The minimum Gasteiger partial charge on any atom is -0.290 e. The monoisotopic (exact) mass is 304 g/mol. The first-order valence-corrected chi connectivity index (χ1v) is 5.29. The number of ether oxygens (including phenoxy) is 1. The summed E-state index contributed by atoms with van der Waals surface area (Å²) >= 11 is 0. The Morgan fingerprint density at radius 1 is 1.20 bits per heavy atom. The molecule has 0 aliphatic carbocycles. The Kier molecular flexibility index (Phi) is 4.47. The molecule has 10 heteroatoms. The van der Waals surface area contributed by atoms with E-state index in [0.29, 0.717) is 0 Å². The highest BCUT2D eigenvalue weighted by molar-refractivity contribution is 6.02. The molecule has 0 amide bonds. The smallest absolute Gasteiger partial charge is 0.290 e. The maximum Gasteiger partial charge on any atom is 0.522 e. The van der Waals surface area contributed by atoms with Crippen LogP contribution in [0.2, 0.25) is 0 Å². The minimum atomic E-state index is -5.06. The highest BCUT2D eigenvalue weighted by atomic mass is 19.4. The average Bonchev–Trinajstić information content (AvgIpc) is 2.50. The van der Waals surface area contributed by atoms with Gasteiger partial charge in [0, 0.05) is 5.69 Å². The molecule has 0 spiro atoms. The van der Waals surface area contributed by atoms with Gasteiger partial charge in [-0.2, -0.15) is 18.3 Å². The fourth-order valence-electron chi connectivity index (χ4n) is 1.63. The Morgan fingerprint density at radius 2 is 1.75 bits per heavy atom. The lowest BCUT2D eigenvalue weighted by Crippen LogP contribution is -2.24. The number of alkyl halides is 6. The summed E-state index contributed by atoms with van der Waals surface area (Å²) in [6.07, 6.45) is -9.90. The van der Waals surface area contributed by atoms with Crippen LogP contribution >= 0.6 is 0 Å². The second kappa shape index (κ2) is 5.43. The van der Waals surface area contributed by atoms with E-state index in [1.165, 1.54) is 13.8 Å². The van der Waals surface area contributed by atoms with Gasteiger partial charge in [-0.3, -0.25) is 14.2 Å². The average molecular weight is 304 g/mol. The number of hydrogen-bond acceptors (Lipinski definition) is 3. The van der Waals surface area contributed by atoms with E-state index in [0.717, 1.165) is 4.68 Å². The van der Waals surface area contributed by atoms with Crippen molar-refractivity contribution in [3.05, 3.63) is 17.0 Å². The molecule has 1 heterocycles. The van der Waals surface area contributed by atoms with Crippen molar-refractivity contribution in [2.45, 2.75) is 32.9 Å². The van der Waals surface area contributed by atoms with Crippen molar-refractivity contribution in [2.24, 2.45) is 0 Å². The molecule has 0 bridgehead atoms. The van der Waals surface area contributed by atoms with Crippen molar-refractivity contribution < 1.29 is 35.9 Å². The van der Waals surface area contributed by atoms with Crippen LogP contribution in [0, 0.1) is 13.8 Å². The molecule has 1 aromatic rings. The predicted molar refractivity (Wildman–Crippen MR) is 54.1 cm³/mol. The molecule has 0 aliphatic rings. The van der Waals surface area contributed by atoms with Crippen LogP contribution < -0.4 is 0 Å². The van der Waals surface area contributed by atoms with Crippen LogP contribution in [0.4, 0.5) is 26.3 Å². The Morgan fingerprint density at radius 3 is 2.20 bits per heavy atom. The molecular weight excluding hydrogens is 294 g/mol. The molecule has 1 aromatic heterocycles. The predicted octanol–water partition coefficient (Wildman–Crippen LogP) is 2.78. The highest BCUT2D eigenvalue weighted by Crippen LogP contribution is 2.25. The van der Waals surface area contributed by atoms with Crippen LogP contribution in [0.3, 0.4) is 0 Å². The van der Waals surface area contributed by atoms with Crippen molar-refractivity contribution in [1.82, 2.24) is 9.78 Å². The van der Waals surface area contributed by atoms with Crippen LogP contribution in [0.15, 0.2) is 0 Å². The first-order valence-electron chi connectivity index (χ1n) is 5.29. The zero-order valence-corrected chi connectivity index (χ0v) is 10.4. The molecule has 114 valence electrons. The molecular formula is C10H10F6N2O2. The molecule has 0 atom stereocenters. The zero-order chi connectivity index (χ0) is 15.7. The fourth-order valence-corrected chi connectivity index (χ4v) is 1.63.